The SMILES string of the molecule is CC(=O)C(=Cc1ccc(Br)o1)C(C)=O. The Morgan fingerprint density at radius 2 is 1.86 bits per heavy atom. The number of furan rings is 1. The van der Waals surface area contributed by atoms with Crippen molar-refractivity contribution < 1.29 is 14.0 Å². The van der Waals surface area contributed by atoms with E-state index in [1.54, 1.807) is 12.1 Å². The van der Waals surface area contributed by atoms with Gasteiger partial charge in [-0.2, -0.15) is 0 Å². The summed E-state index contributed by atoms with van der Waals surface area (Å²) in [6, 6.07) is 3.37. The average Bonchev–Trinajstić information content (AvgIpc) is 2.46. The van der Waals surface area contributed by atoms with E-state index in [-0.39, 0.29) is 17.1 Å². The highest BCUT2D eigenvalue weighted by Crippen LogP contribution is 2.17. The molecule has 14 heavy (non-hydrogen) atoms. The van der Waals surface area contributed by atoms with Gasteiger partial charge >= 0.3 is 0 Å². The van der Waals surface area contributed by atoms with Gasteiger partial charge in [-0.05, 0) is 48.0 Å². The number of rotatable bonds is 3. The van der Waals surface area contributed by atoms with E-state index >= 15 is 0 Å². The molecule has 0 unspecified atom stereocenters. The number of hydrogen-bond donors (Lipinski definition) is 0. The molecule has 0 radical (unpaired) electrons. The van der Waals surface area contributed by atoms with Crippen LogP contribution in [0.3, 0.4) is 0 Å². The van der Waals surface area contributed by atoms with Crippen LogP contribution in [0, 0.1) is 0 Å². The molecule has 0 saturated heterocycles. The lowest BCUT2D eigenvalue weighted by Crippen LogP contribution is -2.05. The van der Waals surface area contributed by atoms with E-state index in [0.717, 1.165) is 0 Å². The highest BCUT2D eigenvalue weighted by molar-refractivity contribution is 9.10. The minimum absolute atomic E-state index is 0.145. The molecule has 0 fully saturated rings. The van der Waals surface area contributed by atoms with Gasteiger partial charge in [-0.15, -0.1) is 0 Å². The lowest BCUT2D eigenvalue weighted by atomic mass is 10.1. The Kier molecular flexibility index (Phi) is 3.41. The fourth-order valence-corrected chi connectivity index (χ4v) is 1.32. The molecule has 0 aliphatic carbocycles. The summed E-state index contributed by atoms with van der Waals surface area (Å²) in [7, 11) is 0. The zero-order valence-electron chi connectivity index (χ0n) is 7.83. The first-order valence-corrected chi connectivity index (χ1v) is 4.79. The van der Waals surface area contributed by atoms with Gasteiger partial charge in [-0.1, -0.05) is 0 Å². The summed E-state index contributed by atoms with van der Waals surface area (Å²) < 4.78 is 5.72. The molecule has 0 saturated carbocycles. The van der Waals surface area contributed by atoms with Crippen LogP contribution in [0.15, 0.2) is 26.8 Å². The lowest BCUT2D eigenvalue weighted by Gasteiger charge is -1.95. The molecule has 1 aromatic rings. The normalized spacial score (nSPS) is 9.64. The molecule has 0 bridgehead atoms. The van der Waals surface area contributed by atoms with Crippen LogP contribution in [0.5, 0.6) is 0 Å². The van der Waals surface area contributed by atoms with Gasteiger partial charge in [0.15, 0.2) is 16.2 Å². The topological polar surface area (TPSA) is 47.3 Å². The van der Waals surface area contributed by atoms with Gasteiger partial charge in [0.25, 0.3) is 0 Å². The molecular weight excluding hydrogens is 248 g/mol. The second kappa shape index (κ2) is 4.37. The van der Waals surface area contributed by atoms with Crippen molar-refractivity contribution in [2.75, 3.05) is 0 Å². The third-order valence-corrected chi connectivity index (χ3v) is 2.07. The molecular formula is C10H9BrO3. The van der Waals surface area contributed by atoms with Crippen molar-refractivity contribution in [2.45, 2.75) is 13.8 Å². The molecule has 1 aromatic heterocycles. The first-order chi connectivity index (χ1) is 6.50. The van der Waals surface area contributed by atoms with E-state index in [9.17, 15) is 9.59 Å². The second-order valence-electron chi connectivity index (χ2n) is 2.81. The maximum absolute atomic E-state index is 11.1. The van der Waals surface area contributed by atoms with Crippen LogP contribution in [0.25, 0.3) is 6.08 Å². The summed E-state index contributed by atoms with van der Waals surface area (Å²) >= 11 is 3.13. The van der Waals surface area contributed by atoms with Gasteiger partial charge in [-0.3, -0.25) is 9.59 Å². The van der Waals surface area contributed by atoms with Crippen LogP contribution in [0.2, 0.25) is 0 Å². The summed E-state index contributed by atoms with van der Waals surface area (Å²) in [5, 5.41) is 0. The van der Waals surface area contributed by atoms with Crippen LogP contribution in [-0.4, -0.2) is 11.6 Å². The molecule has 1 rings (SSSR count). The van der Waals surface area contributed by atoms with Crippen LogP contribution >= 0.6 is 15.9 Å². The number of Topliss-reactive ketones (excluding diaryl/α,β-unsaturated/α-hetero) is 2. The molecule has 0 aliphatic heterocycles. The molecule has 4 heteroatoms. The highest BCUT2D eigenvalue weighted by Gasteiger charge is 2.10. The van der Waals surface area contributed by atoms with E-state index in [0.29, 0.717) is 10.4 Å². The maximum Gasteiger partial charge on any atom is 0.169 e. The Morgan fingerprint density at radius 3 is 2.21 bits per heavy atom. The van der Waals surface area contributed by atoms with Gasteiger partial charge in [-0.25, -0.2) is 0 Å². The van der Waals surface area contributed by atoms with Gasteiger partial charge in [0, 0.05) is 0 Å². The molecule has 0 atom stereocenters. The third-order valence-electron chi connectivity index (χ3n) is 1.64. The number of ketones is 2. The van der Waals surface area contributed by atoms with E-state index in [2.05, 4.69) is 15.9 Å². The Hall–Kier alpha value is -1.16. The Morgan fingerprint density at radius 1 is 1.29 bits per heavy atom. The molecule has 3 nitrogen and oxygen atoms in total. The van der Waals surface area contributed by atoms with Crippen LogP contribution in [0.1, 0.15) is 19.6 Å². The van der Waals surface area contributed by atoms with E-state index in [4.69, 9.17) is 4.42 Å². The number of carbonyl (C=O) groups excluding carboxylic acids is 2. The number of halogens is 1. The number of hydrogen-bond acceptors (Lipinski definition) is 3. The fourth-order valence-electron chi connectivity index (χ4n) is 0.999. The lowest BCUT2D eigenvalue weighted by molar-refractivity contribution is -0.119. The van der Waals surface area contributed by atoms with Crippen molar-refractivity contribution in [1.82, 2.24) is 0 Å². The first-order valence-electron chi connectivity index (χ1n) is 3.99. The largest absolute Gasteiger partial charge is 0.450 e. The van der Waals surface area contributed by atoms with E-state index < -0.39 is 0 Å². The van der Waals surface area contributed by atoms with Crippen molar-refractivity contribution in [1.29, 1.82) is 0 Å². The molecule has 0 spiro atoms. The quantitative estimate of drug-likeness (QED) is 0.475. The molecule has 0 aromatic carbocycles. The Balaban J connectivity index is 3.05. The van der Waals surface area contributed by atoms with E-state index in [1.165, 1.54) is 19.9 Å². The van der Waals surface area contributed by atoms with Gasteiger partial charge in [0.05, 0.1) is 5.57 Å². The zero-order chi connectivity index (χ0) is 10.7. The Labute approximate surface area is 89.9 Å². The first kappa shape index (κ1) is 10.9. The zero-order valence-corrected chi connectivity index (χ0v) is 9.42. The van der Waals surface area contributed by atoms with Crippen molar-refractivity contribution in [3.05, 3.63) is 28.1 Å². The highest BCUT2D eigenvalue weighted by atomic mass is 79.9. The summed E-state index contributed by atoms with van der Waals surface area (Å²) in [6.07, 6.45) is 1.44. The predicted molar refractivity (Wildman–Crippen MR) is 55.7 cm³/mol. The summed E-state index contributed by atoms with van der Waals surface area (Å²) in [6.45, 7) is 2.70. The number of allylic oxidation sites excluding steroid dienone is 1. The minimum atomic E-state index is -0.259. The van der Waals surface area contributed by atoms with Gasteiger partial charge in [0.2, 0.25) is 0 Å². The summed E-state index contributed by atoms with van der Waals surface area (Å²) in [5.41, 5.74) is 0.145. The van der Waals surface area contributed by atoms with Crippen LogP contribution in [0.4, 0.5) is 0 Å². The summed E-state index contributed by atoms with van der Waals surface area (Å²) in [4.78, 5) is 22.1. The van der Waals surface area contributed by atoms with Crippen molar-refractivity contribution in [3.63, 3.8) is 0 Å². The average molecular weight is 257 g/mol. The van der Waals surface area contributed by atoms with Gasteiger partial charge in [0.1, 0.15) is 5.76 Å². The molecule has 0 amide bonds. The third kappa shape index (κ3) is 2.67. The predicted octanol–water partition coefficient (Wildman–Crippen LogP) is 2.60. The summed E-state index contributed by atoms with van der Waals surface area (Å²) in [5.74, 6) is -0.0349. The second-order valence-corrected chi connectivity index (χ2v) is 3.59. The van der Waals surface area contributed by atoms with Crippen LogP contribution < -0.4 is 0 Å². The van der Waals surface area contributed by atoms with Gasteiger partial charge < -0.3 is 4.42 Å². The van der Waals surface area contributed by atoms with Crippen LogP contribution in [-0.2, 0) is 9.59 Å². The number of carbonyl (C=O) groups is 2. The molecule has 0 N–H and O–H groups in total. The molecule has 1 heterocycles. The van der Waals surface area contributed by atoms with Crippen molar-refractivity contribution in [2.24, 2.45) is 0 Å². The standard InChI is InChI=1S/C10H9BrO3/c1-6(12)9(7(2)13)5-8-3-4-10(11)14-8/h3-5H,1-2H3. The Bertz CT molecular complexity index is 385. The fraction of sp³-hybridized carbons (Fsp3) is 0.200. The maximum atomic E-state index is 11.1. The smallest absolute Gasteiger partial charge is 0.169 e. The monoisotopic (exact) mass is 256 g/mol. The minimum Gasteiger partial charge on any atom is -0.450 e. The van der Waals surface area contributed by atoms with E-state index in [1.807, 2.05) is 0 Å². The molecule has 0 aliphatic rings. The molecule has 74 valence electrons. The van der Waals surface area contributed by atoms with Crippen molar-refractivity contribution >= 4 is 33.6 Å². The van der Waals surface area contributed by atoms with Crippen molar-refractivity contribution in [3.8, 4) is 0 Å².